The first-order chi connectivity index (χ1) is 11.4. The van der Waals surface area contributed by atoms with Crippen LogP contribution in [0.2, 0.25) is 0 Å². The molecule has 1 aliphatic carbocycles. The predicted molar refractivity (Wildman–Crippen MR) is 93.4 cm³/mol. The van der Waals surface area contributed by atoms with Gasteiger partial charge in [0.1, 0.15) is 4.90 Å². The number of nitrogens with zero attached hydrogens (tertiary/aromatic N) is 1. The zero-order valence-corrected chi connectivity index (χ0v) is 14.5. The Morgan fingerprint density at radius 1 is 1.08 bits per heavy atom. The van der Waals surface area contributed by atoms with Crippen LogP contribution >= 0.6 is 0 Å². The largest absolute Gasteiger partial charge is 0.324 e. The second-order valence-corrected chi connectivity index (χ2v) is 8.18. The van der Waals surface area contributed by atoms with Crippen LogP contribution in [0.3, 0.4) is 0 Å². The SMILES string of the molecule is CN(C)S(=O)(=O)c1ccccc1NC(=O)[C@@H]1CCc2ccccc21. The third kappa shape index (κ3) is 2.95. The topological polar surface area (TPSA) is 66.5 Å². The lowest BCUT2D eigenvalue weighted by atomic mass is 10.0. The number of aryl methyl sites for hydroxylation is 1. The van der Waals surface area contributed by atoms with Crippen molar-refractivity contribution in [1.82, 2.24) is 4.31 Å². The van der Waals surface area contributed by atoms with Gasteiger partial charge < -0.3 is 5.32 Å². The monoisotopic (exact) mass is 344 g/mol. The Kier molecular flexibility index (Phi) is 4.43. The fraction of sp³-hybridized carbons (Fsp3) is 0.278. The summed E-state index contributed by atoms with van der Waals surface area (Å²) in [5, 5.41) is 2.81. The van der Waals surface area contributed by atoms with E-state index >= 15 is 0 Å². The van der Waals surface area contributed by atoms with Gasteiger partial charge in [-0.15, -0.1) is 0 Å². The second kappa shape index (κ2) is 6.37. The fourth-order valence-electron chi connectivity index (χ4n) is 3.04. The number of fused-ring (bicyclic) bond motifs is 1. The van der Waals surface area contributed by atoms with Crippen LogP contribution in [0, 0.1) is 0 Å². The van der Waals surface area contributed by atoms with Crippen LogP contribution in [0.15, 0.2) is 53.4 Å². The number of anilines is 1. The summed E-state index contributed by atoms with van der Waals surface area (Å²) >= 11 is 0. The first kappa shape index (κ1) is 16.7. The van der Waals surface area contributed by atoms with Crippen LogP contribution < -0.4 is 5.32 Å². The van der Waals surface area contributed by atoms with E-state index < -0.39 is 10.0 Å². The molecule has 1 N–H and O–H groups in total. The van der Waals surface area contributed by atoms with Crippen LogP contribution in [0.1, 0.15) is 23.5 Å². The van der Waals surface area contributed by atoms with E-state index in [1.807, 2.05) is 24.3 Å². The van der Waals surface area contributed by atoms with Crippen LogP contribution in [-0.4, -0.2) is 32.7 Å². The van der Waals surface area contributed by atoms with Crippen molar-refractivity contribution in [2.75, 3.05) is 19.4 Å². The molecule has 2 aromatic rings. The van der Waals surface area contributed by atoms with Gasteiger partial charge in [-0.05, 0) is 36.1 Å². The van der Waals surface area contributed by atoms with Crippen molar-refractivity contribution in [3.05, 3.63) is 59.7 Å². The number of amides is 1. The van der Waals surface area contributed by atoms with E-state index in [1.54, 1.807) is 18.2 Å². The van der Waals surface area contributed by atoms with Crippen molar-refractivity contribution in [1.29, 1.82) is 0 Å². The first-order valence-corrected chi connectivity index (χ1v) is 9.25. The van der Waals surface area contributed by atoms with Gasteiger partial charge in [-0.25, -0.2) is 12.7 Å². The third-order valence-electron chi connectivity index (χ3n) is 4.35. The summed E-state index contributed by atoms with van der Waals surface area (Å²) in [7, 11) is -0.672. The predicted octanol–water partition coefficient (Wildman–Crippen LogP) is 2.61. The number of hydrogen-bond acceptors (Lipinski definition) is 3. The van der Waals surface area contributed by atoms with Crippen LogP contribution in [0.25, 0.3) is 0 Å². The van der Waals surface area contributed by atoms with Gasteiger partial charge in [0.2, 0.25) is 15.9 Å². The standard InChI is InChI=1S/C18H20N2O3S/c1-20(2)24(22,23)17-10-6-5-9-16(17)19-18(21)15-12-11-13-7-3-4-8-14(13)15/h3-10,15H,11-12H2,1-2H3,(H,19,21)/t15-/m1/s1. The molecule has 0 aromatic heterocycles. The Morgan fingerprint density at radius 2 is 1.75 bits per heavy atom. The number of rotatable bonds is 4. The average Bonchev–Trinajstić information content (AvgIpc) is 2.99. The molecule has 1 atom stereocenters. The summed E-state index contributed by atoms with van der Waals surface area (Å²) in [6.45, 7) is 0. The smallest absolute Gasteiger partial charge is 0.244 e. The summed E-state index contributed by atoms with van der Waals surface area (Å²) < 4.78 is 26.0. The molecule has 6 heteroatoms. The molecule has 24 heavy (non-hydrogen) atoms. The molecule has 1 amide bonds. The third-order valence-corrected chi connectivity index (χ3v) is 6.23. The molecule has 126 valence electrons. The van der Waals surface area contributed by atoms with E-state index in [2.05, 4.69) is 5.32 Å². The van der Waals surface area contributed by atoms with E-state index in [9.17, 15) is 13.2 Å². The van der Waals surface area contributed by atoms with Gasteiger partial charge in [0.15, 0.2) is 0 Å². The molecule has 3 rings (SSSR count). The summed E-state index contributed by atoms with van der Waals surface area (Å²) in [5.41, 5.74) is 2.54. The lowest BCUT2D eigenvalue weighted by molar-refractivity contribution is -0.117. The molecule has 0 spiro atoms. The Hall–Kier alpha value is -2.18. The van der Waals surface area contributed by atoms with E-state index in [1.165, 1.54) is 25.7 Å². The number of hydrogen-bond donors (Lipinski definition) is 1. The molecule has 0 unspecified atom stereocenters. The van der Waals surface area contributed by atoms with Crippen molar-refractivity contribution in [2.24, 2.45) is 0 Å². The quantitative estimate of drug-likeness (QED) is 0.927. The zero-order chi connectivity index (χ0) is 17.3. The zero-order valence-electron chi connectivity index (χ0n) is 13.7. The molecule has 1 aliphatic rings. The molecular formula is C18H20N2O3S. The highest BCUT2D eigenvalue weighted by Crippen LogP contribution is 2.34. The van der Waals surface area contributed by atoms with E-state index in [0.717, 1.165) is 22.7 Å². The lowest BCUT2D eigenvalue weighted by Crippen LogP contribution is -2.25. The number of sulfonamides is 1. The highest BCUT2D eigenvalue weighted by atomic mass is 32.2. The summed E-state index contributed by atoms with van der Waals surface area (Å²) in [4.78, 5) is 12.8. The number of nitrogens with one attached hydrogen (secondary N) is 1. The molecule has 0 saturated heterocycles. The van der Waals surface area contributed by atoms with Gasteiger partial charge in [-0.2, -0.15) is 0 Å². The van der Waals surface area contributed by atoms with Crippen molar-refractivity contribution in [3.63, 3.8) is 0 Å². The van der Waals surface area contributed by atoms with Gasteiger partial charge >= 0.3 is 0 Å². The molecule has 5 nitrogen and oxygen atoms in total. The number of benzene rings is 2. The summed E-state index contributed by atoms with van der Waals surface area (Å²) in [6.07, 6.45) is 1.61. The number of para-hydroxylation sites is 1. The number of carbonyl (C=O) groups excluding carboxylic acids is 1. The molecule has 0 bridgehead atoms. The van der Waals surface area contributed by atoms with E-state index in [-0.39, 0.29) is 16.7 Å². The normalized spacial score (nSPS) is 16.9. The van der Waals surface area contributed by atoms with Gasteiger partial charge in [-0.1, -0.05) is 36.4 Å². The van der Waals surface area contributed by atoms with Gasteiger partial charge in [0.05, 0.1) is 11.6 Å². The van der Waals surface area contributed by atoms with Crippen molar-refractivity contribution >= 4 is 21.6 Å². The van der Waals surface area contributed by atoms with Crippen LogP contribution in [0.5, 0.6) is 0 Å². The maximum Gasteiger partial charge on any atom is 0.244 e. The molecule has 2 aromatic carbocycles. The van der Waals surface area contributed by atoms with E-state index in [0.29, 0.717) is 5.69 Å². The summed E-state index contributed by atoms with van der Waals surface area (Å²) in [5.74, 6) is -0.405. The second-order valence-electron chi connectivity index (χ2n) is 6.06. The highest BCUT2D eigenvalue weighted by molar-refractivity contribution is 7.89. The molecule has 0 fully saturated rings. The Bertz CT molecular complexity index is 875. The lowest BCUT2D eigenvalue weighted by Gasteiger charge is -2.17. The molecular weight excluding hydrogens is 324 g/mol. The fourth-order valence-corrected chi connectivity index (χ4v) is 4.08. The minimum atomic E-state index is -3.62. The van der Waals surface area contributed by atoms with Crippen LogP contribution in [-0.2, 0) is 21.2 Å². The highest BCUT2D eigenvalue weighted by Gasteiger charge is 2.29. The summed E-state index contributed by atoms with van der Waals surface area (Å²) in [6, 6.07) is 14.4. The van der Waals surface area contributed by atoms with Gasteiger partial charge in [0, 0.05) is 14.1 Å². The maximum atomic E-state index is 12.7. The molecule has 0 radical (unpaired) electrons. The van der Waals surface area contributed by atoms with Crippen molar-refractivity contribution in [3.8, 4) is 0 Å². The minimum Gasteiger partial charge on any atom is -0.324 e. The molecule has 0 saturated carbocycles. The van der Waals surface area contributed by atoms with Gasteiger partial charge in [-0.3, -0.25) is 4.79 Å². The van der Waals surface area contributed by atoms with Crippen LogP contribution in [0.4, 0.5) is 5.69 Å². The minimum absolute atomic E-state index is 0.106. The Morgan fingerprint density at radius 3 is 2.50 bits per heavy atom. The Labute approximate surface area is 142 Å². The first-order valence-electron chi connectivity index (χ1n) is 7.81. The number of carbonyl (C=O) groups is 1. The average molecular weight is 344 g/mol. The molecule has 0 aliphatic heterocycles. The molecule has 0 heterocycles. The maximum absolute atomic E-state index is 12.7. The van der Waals surface area contributed by atoms with Gasteiger partial charge in [0.25, 0.3) is 0 Å². The Balaban J connectivity index is 1.90. The van der Waals surface area contributed by atoms with E-state index in [4.69, 9.17) is 0 Å². The van der Waals surface area contributed by atoms with Crippen molar-refractivity contribution in [2.45, 2.75) is 23.7 Å². The van der Waals surface area contributed by atoms with Crippen molar-refractivity contribution < 1.29 is 13.2 Å².